The maximum absolute atomic E-state index is 13.5. The lowest BCUT2D eigenvalue weighted by Gasteiger charge is -2.33. The highest BCUT2D eigenvalue weighted by Gasteiger charge is 2.33. The van der Waals surface area contributed by atoms with Crippen LogP contribution in [0.15, 0.2) is 42.9 Å². The Kier molecular flexibility index (Phi) is 9.63. The summed E-state index contributed by atoms with van der Waals surface area (Å²) in [7, 11) is 0. The van der Waals surface area contributed by atoms with Crippen molar-refractivity contribution < 1.29 is 19.5 Å². The van der Waals surface area contributed by atoms with E-state index < -0.39 is 5.97 Å². The fourth-order valence-electron chi connectivity index (χ4n) is 4.83. The van der Waals surface area contributed by atoms with Crippen molar-refractivity contribution in [2.75, 3.05) is 4.90 Å². The van der Waals surface area contributed by atoms with Gasteiger partial charge in [0.2, 0.25) is 12.3 Å². The van der Waals surface area contributed by atoms with E-state index in [-0.39, 0.29) is 29.2 Å². The Morgan fingerprint density at radius 2 is 1.78 bits per heavy atom. The summed E-state index contributed by atoms with van der Waals surface area (Å²) in [4.78, 5) is 41.3. The molecule has 3 N–H and O–H groups in total. The van der Waals surface area contributed by atoms with Crippen LogP contribution in [-0.4, -0.2) is 39.0 Å². The first-order chi connectivity index (χ1) is 17.7. The van der Waals surface area contributed by atoms with Crippen LogP contribution in [0.2, 0.25) is 0 Å². The number of rotatable bonds is 7. The van der Waals surface area contributed by atoms with Gasteiger partial charge in [-0.25, -0.2) is 9.78 Å². The van der Waals surface area contributed by atoms with Gasteiger partial charge < -0.3 is 20.3 Å². The predicted octanol–water partition coefficient (Wildman–Crippen LogP) is 5.67. The van der Waals surface area contributed by atoms with Crippen LogP contribution in [0.4, 0.5) is 5.69 Å². The normalized spacial score (nSPS) is 17.1. The number of hydrogen-bond acceptors (Lipinski definition) is 5. The number of benzene rings is 1. The first-order valence-electron chi connectivity index (χ1n) is 12.7. The van der Waals surface area contributed by atoms with E-state index in [2.05, 4.69) is 29.1 Å². The van der Waals surface area contributed by atoms with Gasteiger partial charge in [0.15, 0.2) is 0 Å². The number of primary amides is 1. The second-order valence-corrected chi connectivity index (χ2v) is 10.7. The molecule has 9 heteroatoms. The summed E-state index contributed by atoms with van der Waals surface area (Å²) in [5.41, 5.74) is 7.72. The number of aromatic nitrogens is 2. The maximum Gasteiger partial charge on any atom is 0.348 e. The topological polar surface area (TPSA) is 119 Å². The number of aromatic carboxylic acids is 1. The van der Waals surface area contributed by atoms with Crippen molar-refractivity contribution in [1.29, 1.82) is 0 Å². The van der Waals surface area contributed by atoms with Crippen LogP contribution in [-0.2, 0) is 16.1 Å². The van der Waals surface area contributed by atoms with Gasteiger partial charge in [-0.1, -0.05) is 31.2 Å². The van der Waals surface area contributed by atoms with Crippen LogP contribution in [0.25, 0.3) is 21.7 Å². The molecule has 2 heterocycles. The number of nitrogens with two attached hydrogens (primary N) is 1. The predicted molar refractivity (Wildman–Crippen MR) is 148 cm³/mol. The zero-order valence-electron chi connectivity index (χ0n) is 21.9. The molecule has 198 valence electrons. The molecule has 37 heavy (non-hydrogen) atoms. The second kappa shape index (κ2) is 12.7. The summed E-state index contributed by atoms with van der Waals surface area (Å²) in [5, 5.41) is 9.97. The van der Waals surface area contributed by atoms with Crippen molar-refractivity contribution in [2.45, 2.75) is 66.0 Å². The summed E-state index contributed by atoms with van der Waals surface area (Å²) in [6, 6.07) is 9.84. The second-order valence-electron chi connectivity index (χ2n) is 9.67. The van der Waals surface area contributed by atoms with Crippen LogP contribution >= 0.6 is 11.3 Å². The number of hydrogen-bond donors (Lipinski definition) is 2. The minimum absolute atomic E-state index is 0.0358. The molecule has 1 saturated carbocycles. The van der Waals surface area contributed by atoms with Gasteiger partial charge in [0.05, 0.1) is 23.9 Å². The lowest BCUT2D eigenvalue weighted by Crippen LogP contribution is -2.42. The SMILES string of the molecule is CCn1cncc1-c1ccc(-c2cc(N(C(=O)C3CCC(C)CC3)C(C)C)c(C(=O)O)s2)cc1.NC=O. The monoisotopic (exact) mass is 524 g/mol. The Hall–Kier alpha value is -3.46. The first-order valence-corrected chi connectivity index (χ1v) is 13.5. The average Bonchev–Trinajstić information content (AvgIpc) is 3.53. The van der Waals surface area contributed by atoms with E-state index >= 15 is 0 Å². The number of nitrogens with zero attached hydrogens (tertiary/aromatic N) is 3. The van der Waals surface area contributed by atoms with Gasteiger partial charge in [0.1, 0.15) is 4.88 Å². The van der Waals surface area contributed by atoms with Gasteiger partial charge in [-0.05, 0) is 69.6 Å². The van der Waals surface area contributed by atoms with E-state index in [1.165, 1.54) is 11.3 Å². The molecule has 2 aromatic heterocycles. The highest BCUT2D eigenvalue weighted by Crippen LogP contribution is 2.40. The smallest absolute Gasteiger partial charge is 0.348 e. The third kappa shape index (κ3) is 6.46. The Morgan fingerprint density at radius 3 is 2.32 bits per heavy atom. The van der Waals surface area contributed by atoms with Crippen molar-refractivity contribution in [3.8, 4) is 21.7 Å². The quantitative estimate of drug-likeness (QED) is 0.386. The van der Waals surface area contributed by atoms with Gasteiger partial charge in [-0.3, -0.25) is 9.59 Å². The van der Waals surface area contributed by atoms with E-state index in [9.17, 15) is 14.7 Å². The molecule has 0 unspecified atom stereocenters. The first kappa shape index (κ1) is 28.1. The Labute approximate surface area is 222 Å². The van der Waals surface area contributed by atoms with Crippen LogP contribution in [0, 0.1) is 11.8 Å². The zero-order chi connectivity index (χ0) is 27.1. The van der Waals surface area contributed by atoms with Crippen LogP contribution in [0.5, 0.6) is 0 Å². The standard InChI is InChI=1S/C27H33N3O3S.CH3NO/c1-5-29-16-28-15-23(29)19-10-12-20(13-11-19)24-14-22(25(34-24)27(32)33)30(17(2)3)26(31)21-8-6-18(4)7-9-21;2-1-3/h10-18,21H,5-9H2,1-4H3,(H,32,33);1H,(H2,2,3). The van der Waals surface area contributed by atoms with Gasteiger partial charge in [0.25, 0.3) is 0 Å². The average molecular weight is 525 g/mol. The van der Waals surface area contributed by atoms with Crippen LogP contribution in [0.3, 0.4) is 0 Å². The molecular weight excluding hydrogens is 488 g/mol. The van der Waals surface area contributed by atoms with Crippen molar-refractivity contribution in [2.24, 2.45) is 17.6 Å². The highest BCUT2D eigenvalue weighted by molar-refractivity contribution is 7.18. The lowest BCUT2D eigenvalue weighted by molar-refractivity contribution is -0.123. The largest absolute Gasteiger partial charge is 0.477 e. The van der Waals surface area contributed by atoms with E-state index in [0.29, 0.717) is 11.6 Å². The van der Waals surface area contributed by atoms with Crippen LogP contribution in [0.1, 0.15) is 63.0 Å². The van der Waals surface area contributed by atoms with E-state index in [4.69, 9.17) is 4.79 Å². The molecule has 0 atom stereocenters. The molecule has 4 rings (SSSR count). The summed E-state index contributed by atoms with van der Waals surface area (Å²) < 4.78 is 2.08. The molecule has 1 fully saturated rings. The highest BCUT2D eigenvalue weighted by atomic mass is 32.1. The number of anilines is 1. The Balaban J connectivity index is 0.00000121. The molecular formula is C28H36N4O4S. The van der Waals surface area contributed by atoms with E-state index in [1.807, 2.05) is 56.7 Å². The summed E-state index contributed by atoms with van der Waals surface area (Å²) in [6.45, 7) is 9.06. The third-order valence-electron chi connectivity index (χ3n) is 6.80. The molecule has 3 aromatic rings. The minimum Gasteiger partial charge on any atom is -0.477 e. The number of aryl methyl sites for hydroxylation is 1. The van der Waals surface area contributed by atoms with Crippen molar-refractivity contribution in [3.63, 3.8) is 0 Å². The van der Waals surface area contributed by atoms with Gasteiger partial charge in [-0.2, -0.15) is 0 Å². The molecule has 0 bridgehead atoms. The molecule has 8 nitrogen and oxygen atoms in total. The fourth-order valence-corrected chi connectivity index (χ4v) is 5.82. The van der Waals surface area contributed by atoms with Gasteiger partial charge >= 0.3 is 5.97 Å². The molecule has 1 aliphatic rings. The number of imidazole rings is 1. The summed E-state index contributed by atoms with van der Waals surface area (Å²) in [6.07, 6.45) is 7.76. The number of thiophene rings is 1. The zero-order valence-corrected chi connectivity index (χ0v) is 22.7. The third-order valence-corrected chi connectivity index (χ3v) is 7.96. The van der Waals surface area contributed by atoms with Crippen LogP contribution < -0.4 is 10.6 Å². The Bertz CT molecular complexity index is 1210. The lowest BCUT2D eigenvalue weighted by atomic mass is 9.82. The fraction of sp³-hybridized carbons (Fsp3) is 0.429. The van der Waals surface area contributed by atoms with Crippen molar-refractivity contribution in [1.82, 2.24) is 9.55 Å². The minimum atomic E-state index is -0.995. The molecule has 0 aliphatic heterocycles. The number of amides is 2. The number of carboxylic acid groups (broad SMARTS) is 1. The molecule has 1 aromatic carbocycles. The Morgan fingerprint density at radius 1 is 1.19 bits per heavy atom. The maximum atomic E-state index is 13.5. The number of carbonyl (C=O) groups is 3. The molecule has 0 spiro atoms. The molecule has 0 radical (unpaired) electrons. The summed E-state index contributed by atoms with van der Waals surface area (Å²) >= 11 is 1.23. The molecule has 0 saturated heterocycles. The number of carbonyl (C=O) groups excluding carboxylic acids is 2. The summed E-state index contributed by atoms with van der Waals surface area (Å²) in [5.74, 6) is -0.327. The van der Waals surface area contributed by atoms with E-state index in [1.54, 1.807) is 4.90 Å². The van der Waals surface area contributed by atoms with Gasteiger partial charge in [0, 0.05) is 23.4 Å². The molecule has 2 amide bonds. The van der Waals surface area contributed by atoms with Gasteiger partial charge in [-0.15, -0.1) is 11.3 Å². The number of carboxylic acids is 1. The van der Waals surface area contributed by atoms with Crippen molar-refractivity contribution >= 4 is 35.3 Å². The van der Waals surface area contributed by atoms with E-state index in [0.717, 1.165) is 53.9 Å². The van der Waals surface area contributed by atoms with Crippen molar-refractivity contribution in [3.05, 3.63) is 47.7 Å². The molecule has 1 aliphatic carbocycles.